The minimum atomic E-state index is -0.512. The Morgan fingerprint density at radius 3 is 2.10 bits per heavy atom. The summed E-state index contributed by atoms with van der Waals surface area (Å²) < 4.78 is 10.6. The van der Waals surface area contributed by atoms with Crippen LogP contribution >= 0.6 is 0 Å². The average Bonchev–Trinajstić information content (AvgIpc) is 2.54. The summed E-state index contributed by atoms with van der Waals surface area (Å²) >= 11 is 0. The zero-order chi connectivity index (χ0) is 14.1. The maximum absolute atomic E-state index is 10.7. The monoisotopic (exact) mass is 278 g/mol. The highest BCUT2D eigenvalue weighted by atomic mass is 16.5. The van der Waals surface area contributed by atoms with Crippen molar-refractivity contribution in [3.63, 3.8) is 0 Å². The summed E-state index contributed by atoms with van der Waals surface area (Å²) in [6.07, 6.45) is -0.512. The van der Waals surface area contributed by atoms with Crippen LogP contribution in [-0.4, -0.2) is 67.9 Å². The van der Waals surface area contributed by atoms with Crippen molar-refractivity contribution in [1.82, 2.24) is 9.80 Å². The fraction of sp³-hybridized carbons (Fsp3) is 0.600. The number of benzene rings is 1. The lowest BCUT2D eigenvalue weighted by Crippen LogP contribution is -2.62. The molecular weight excluding hydrogens is 256 g/mol. The molecule has 0 spiro atoms. The second kappa shape index (κ2) is 5.60. The van der Waals surface area contributed by atoms with E-state index in [1.165, 1.54) is 0 Å². The first-order chi connectivity index (χ1) is 9.71. The van der Waals surface area contributed by atoms with Crippen LogP contribution in [0.3, 0.4) is 0 Å². The smallest absolute Gasteiger partial charge is 0.122 e. The third-order valence-electron chi connectivity index (χ3n) is 4.40. The van der Waals surface area contributed by atoms with Gasteiger partial charge >= 0.3 is 0 Å². The molecule has 3 heterocycles. The van der Waals surface area contributed by atoms with E-state index in [-0.39, 0.29) is 6.04 Å². The van der Waals surface area contributed by atoms with E-state index in [0.29, 0.717) is 0 Å². The molecule has 0 radical (unpaired) electrons. The van der Waals surface area contributed by atoms with Crippen molar-refractivity contribution in [3.8, 4) is 11.5 Å². The minimum Gasteiger partial charge on any atom is -0.497 e. The average molecular weight is 278 g/mol. The van der Waals surface area contributed by atoms with Gasteiger partial charge in [0.25, 0.3) is 0 Å². The van der Waals surface area contributed by atoms with Gasteiger partial charge in [-0.05, 0) is 17.7 Å². The van der Waals surface area contributed by atoms with E-state index < -0.39 is 6.10 Å². The standard InChI is InChI=1S/C15H22N2O3/c1-19-12-7-11(8-13(9-12)20-2)15(18)14-10-16-3-5-17(14)6-4-16/h7-9,14-15,18H,3-6,10H2,1-2H3. The number of piperazine rings is 3. The van der Waals surface area contributed by atoms with Gasteiger partial charge in [0.15, 0.2) is 0 Å². The van der Waals surface area contributed by atoms with Crippen LogP contribution in [0.4, 0.5) is 0 Å². The number of fused-ring (bicyclic) bond motifs is 3. The third-order valence-corrected chi connectivity index (χ3v) is 4.40. The number of hydrogen-bond donors (Lipinski definition) is 1. The van der Waals surface area contributed by atoms with Crippen molar-refractivity contribution in [3.05, 3.63) is 23.8 Å². The molecule has 1 aromatic rings. The predicted octanol–water partition coefficient (Wildman–Crippen LogP) is 0.737. The van der Waals surface area contributed by atoms with Gasteiger partial charge in [0, 0.05) is 38.8 Å². The molecule has 2 atom stereocenters. The molecule has 2 bridgehead atoms. The molecule has 0 aliphatic carbocycles. The van der Waals surface area contributed by atoms with Crippen LogP contribution in [0.1, 0.15) is 11.7 Å². The lowest BCUT2D eigenvalue weighted by Gasteiger charge is -2.49. The van der Waals surface area contributed by atoms with Crippen molar-refractivity contribution < 1.29 is 14.6 Å². The van der Waals surface area contributed by atoms with Gasteiger partial charge in [0.1, 0.15) is 11.5 Å². The summed E-state index contributed by atoms with van der Waals surface area (Å²) in [5.74, 6) is 1.43. The van der Waals surface area contributed by atoms with Crippen molar-refractivity contribution in [2.75, 3.05) is 46.9 Å². The Bertz CT molecular complexity index is 450. The Kier molecular flexibility index (Phi) is 3.83. The number of hydrogen-bond acceptors (Lipinski definition) is 5. The lowest BCUT2D eigenvalue weighted by molar-refractivity contribution is -0.0471. The topological polar surface area (TPSA) is 45.2 Å². The molecule has 1 aromatic carbocycles. The highest BCUT2D eigenvalue weighted by Gasteiger charge is 2.36. The van der Waals surface area contributed by atoms with Gasteiger partial charge in [0.2, 0.25) is 0 Å². The van der Waals surface area contributed by atoms with Gasteiger partial charge in [0.05, 0.1) is 26.4 Å². The van der Waals surface area contributed by atoms with Crippen LogP contribution in [0.15, 0.2) is 18.2 Å². The van der Waals surface area contributed by atoms with Crippen molar-refractivity contribution in [2.45, 2.75) is 12.1 Å². The maximum atomic E-state index is 10.7. The molecular formula is C15H22N2O3. The van der Waals surface area contributed by atoms with Crippen LogP contribution in [0.25, 0.3) is 0 Å². The zero-order valence-electron chi connectivity index (χ0n) is 12.1. The summed E-state index contributed by atoms with van der Waals surface area (Å²) in [7, 11) is 3.26. The van der Waals surface area contributed by atoms with E-state index in [2.05, 4.69) is 9.80 Å². The van der Waals surface area contributed by atoms with Gasteiger partial charge in [-0.25, -0.2) is 0 Å². The molecule has 3 fully saturated rings. The van der Waals surface area contributed by atoms with E-state index in [1.54, 1.807) is 14.2 Å². The largest absolute Gasteiger partial charge is 0.497 e. The van der Waals surface area contributed by atoms with E-state index >= 15 is 0 Å². The second-order valence-electron chi connectivity index (χ2n) is 5.49. The van der Waals surface area contributed by atoms with Crippen molar-refractivity contribution in [1.29, 1.82) is 0 Å². The Hall–Kier alpha value is -1.30. The molecule has 4 rings (SSSR count). The number of aliphatic hydroxyl groups is 1. The van der Waals surface area contributed by atoms with Crippen LogP contribution in [0, 0.1) is 0 Å². The summed E-state index contributed by atoms with van der Waals surface area (Å²) in [5, 5.41) is 10.7. The Morgan fingerprint density at radius 2 is 1.65 bits per heavy atom. The normalized spacial score (nSPS) is 30.1. The fourth-order valence-corrected chi connectivity index (χ4v) is 3.18. The van der Waals surface area contributed by atoms with Gasteiger partial charge in [-0.3, -0.25) is 9.80 Å². The number of ether oxygens (including phenoxy) is 2. The number of aliphatic hydroxyl groups excluding tert-OH is 1. The second-order valence-corrected chi connectivity index (χ2v) is 5.49. The highest BCUT2D eigenvalue weighted by Crippen LogP contribution is 2.31. The first-order valence-corrected chi connectivity index (χ1v) is 7.08. The number of rotatable bonds is 4. The molecule has 0 saturated carbocycles. The van der Waals surface area contributed by atoms with Gasteiger partial charge in [-0.1, -0.05) is 0 Å². The van der Waals surface area contributed by atoms with Crippen molar-refractivity contribution in [2.24, 2.45) is 0 Å². The van der Waals surface area contributed by atoms with Gasteiger partial charge in [-0.15, -0.1) is 0 Å². The predicted molar refractivity (Wildman–Crippen MR) is 76.3 cm³/mol. The quantitative estimate of drug-likeness (QED) is 0.880. The molecule has 110 valence electrons. The van der Waals surface area contributed by atoms with Crippen LogP contribution in [0.5, 0.6) is 11.5 Å². The first-order valence-electron chi connectivity index (χ1n) is 7.08. The summed E-state index contributed by atoms with van der Waals surface area (Å²) in [5.41, 5.74) is 0.861. The van der Waals surface area contributed by atoms with Crippen LogP contribution in [0.2, 0.25) is 0 Å². The maximum Gasteiger partial charge on any atom is 0.122 e. The molecule has 0 aromatic heterocycles. The Morgan fingerprint density at radius 1 is 1.05 bits per heavy atom. The molecule has 2 unspecified atom stereocenters. The van der Waals surface area contributed by atoms with Crippen LogP contribution in [-0.2, 0) is 0 Å². The third kappa shape index (κ3) is 2.49. The SMILES string of the molecule is COc1cc(OC)cc(C(O)C2CN3CCN2CC3)c1. The van der Waals surface area contributed by atoms with E-state index in [1.807, 2.05) is 18.2 Å². The summed E-state index contributed by atoms with van der Waals surface area (Å²) in [6, 6.07) is 5.78. The highest BCUT2D eigenvalue weighted by molar-refractivity contribution is 5.40. The van der Waals surface area contributed by atoms with E-state index in [0.717, 1.165) is 49.8 Å². The molecule has 5 heteroatoms. The van der Waals surface area contributed by atoms with E-state index in [9.17, 15) is 5.11 Å². The molecule has 5 nitrogen and oxygen atoms in total. The Labute approximate surface area is 119 Å². The fourth-order valence-electron chi connectivity index (χ4n) is 3.18. The number of nitrogens with zero attached hydrogens (tertiary/aromatic N) is 2. The molecule has 0 amide bonds. The van der Waals surface area contributed by atoms with E-state index in [4.69, 9.17) is 9.47 Å². The van der Waals surface area contributed by atoms with Crippen molar-refractivity contribution >= 4 is 0 Å². The Balaban J connectivity index is 1.84. The first kappa shape index (κ1) is 13.7. The van der Waals surface area contributed by atoms with Gasteiger partial charge in [-0.2, -0.15) is 0 Å². The molecule has 3 saturated heterocycles. The molecule has 3 aliphatic rings. The van der Waals surface area contributed by atoms with Gasteiger partial charge < -0.3 is 14.6 Å². The molecule has 20 heavy (non-hydrogen) atoms. The molecule has 1 N–H and O–H groups in total. The van der Waals surface area contributed by atoms with Crippen LogP contribution < -0.4 is 9.47 Å². The molecule has 3 aliphatic heterocycles. The number of methoxy groups -OCH3 is 2. The summed E-state index contributed by atoms with van der Waals surface area (Å²) in [6.45, 7) is 5.25. The lowest BCUT2D eigenvalue weighted by atomic mass is 9.96. The minimum absolute atomic E-state index is 0.161. The summed E-state index contributed by atoms with van der Waals surface area (Å²) in [4.78, 5) is 4.81. The zero-order valence-corrected chi connectivity index (χ0v) is 12.1.